The van der Waals surface area contributed by atoms with E-state index >= 15 is 0 Å². The first kappa shape index (κ1) is 16.7. The number of nitrogens with one attached hydrogen (secondary N) is 1. The van der Waals surface area contributed by atoms with E-state index in [4.69, 9.17) is 0 Å². The number of nitrogens with zero attached hydrogens (tertiary/aromatic N) is 5. The third-order valence-electron chi connectivity index (χ3n) is 3.55. The number of thioether (sulfide) groups is 1. The lowest BCUT2D eigenvalue weighted by atomic mass is 10.2. The molecule has 0 atom stereocenters. The molecule has 0 radical (unpaired) electrons. The quantitative estimate of drug-likeness (QED) is 0.515. The summed E-state index contributed by atoms with van der Waals surface area (Å²) in [6.45, 7) is 0. The van der Waals surface area contributed by atoms with Crippen LogP contribution in [0.3, 0.4) is 0 Å². The van der Waals surface area contributed by atoms with E-state index in [-0.39, 0.29) is 5.91 Å². The van der Waals surface area contributed by atoms with Gasteiger partial charge in [0.05, 0.1) is 0 Å². The molecule has 4 aromatic rings. The Kier molecular flexibility index (Phi) is 4.89. The van der Waals surface area contributed by atoms with Gasteiger partial charge < -0.3 is 5.32 Å². The third kappa shape index (κ3) is 3.73. The van der Waals surface area contributed by atoms with Gasteiger partial charge in [0.15, 0.2) is 16.6 Å². The first-order chi connectivity index (χ1) is 12.8. The van der Waals surface area contributed by atoms with Gasteiger partial charge in [-0.3, -0.25) is 9.20 Å². The van der Waals surface area contributed by atoms with E-state index in [9.17, 15) is 4.79 Å². The highest BCUT2D eigenvalue weighted by molar-refractivity contribution is 7.99. The minimum absolute atomic E-state index is 0.0953. The molecule has 3 aromatic heterocycles. The number of amides is 1. The molecule has 1 N–H and O–H groups in total. The van der Waals surface area contributed by atoms with E-state index < -0.39 is 0 Å². The summed E-state index contributed by atoms with van der Waals surface area (Å²) in [6, 6.07) is 15.4. The molecule has 0 unspecified atom stereocenters. The third-order valence-corrected chi connectivity index (χ3v) is 5.12. The molecule has 0 aliphatic rings. The van der Waals surface area contributed by atoms with Gasteiger partial charge in [-0.25, -0.2) is 0 Å². The van der Waals surface area contributed by atoms with Crippen LogP contribution in [0.1, 0.15) is 6.42 Å². The molecule has 3 heterocycles. The summed E-state index contributed by atoms with van der Waals surface area (Å²) in [7, 11) is 0. The predicted octanol–water partition coefficient (Wildman–Crippen LogP) is 3.37. The average Bonchev–Trinajstić information content (AvgIpc) is 3.30. The van der Waals surface area contributed by atoms with E-state index in [1.54, 1.807) is 0 Å². The van der Waals surface area contributed by atoms with Crippen LogP contribution in [0.15, 0.2) is 59.9 Å². The van der Waals surface area contributed by atoms with Gasteiger partial charge in [0.2, 0.25) is 11.0 Å². The minimum atomic E-state index is -0.0953. The monoisotopic (exact) mass is 382 g/mol. The second-order valence-electron chi connectivity index (χ2n) is 5.35. The number of fused-ring (bicyclic) bond motifs is 1. The molecule has 0 saturated heterocycles. The number of hydrogen-bond donors (Lipinski definition) is 1. The van der Waals surface area contributed by atoms with Gasteiger partial charge in [-0.2, -0.15) is 9.36 Å². The maximum absolute atomic E-state index is 12.1. The molecular weight excluding hydrogens is 368 g/mol. The van der Waals surface area contributed by atoms with Crippen LogP contribution in [0.25, 0.3) is 17.0 Å². The first-order valence-electron chi connectivity index (χ1n) is 7.91. The lowest BCUT2D eigenvalue weighted by Gasteiger charge is -2.01. The maximum atomic E-state index is 12.1. The molecule has 9 heteroatoms. The summed E-state index contributed by atoms with van der Waals surface area (Å²) in [5.74, 6) is 1.13. The van der Waals surface area contributed by atoms with Gasteiger partial charge in [0, 0.05) is 35.5 Å². The molecule has 0 spiro atoms. The van der Waals surface area contributed by atoms with E-state index in [1.165, 1.54) is 23.3 Å². The fourth-order valence-electron chi connectivity index (χ4n) is 2.31. The second kappa shape index (κ2) is 7.63. The van der Waals surface area contributed by atoms with Crippen molar-refractivity contribution in [1.82, 2.24) is 24.0 Å². The number of aromatic nitrogens is 5. The van der Waals surface area contributed by atoms with Crippen LogP contribution < -0.4 is 5.32 Å². The van der Waals surface area contributed by atoms with Crippen molar-refractivity contribution in [3.63, 3.8) is 0 Å². The molecular formula is C17H14N6OS2. The predicted molar refractivity (Wildman–Crippen MR) is 102 cm³/mol. The van der Waals surface area contributed by atoms with Crippen LogP contribution in [-0.2, 0) is 4.79 Å². The first-order valence-corrected chi connectivity index (χ1v) is 9.67. The highest BCUT2D eigenvalue weighted by atomic mass is 32.2. The summed E-state index contributed by atoms with van der Waals surface area (Å²) >= 11 is 2.67. The lowest BCUT2D eigenvalue weighted by molar-refractivity contribution is -0.115. The molecule has 130 valence electrons. The fraction of sp³-hybridized carbons (Fsp3) is 0.118. The fourth-order valence-corrected chi connectivity index (χ4v) is 3.78. The van der Waals surface area contributed by atoms with Crippen molar-refractivity contribution in [3.8, 4) is 11.4 Å². The van der Waals surface area contributed by atoms with Crippen molar-refractivity contribution >= 4 is 40.0 Å². The Morgan fingerprint density at radius 1 is 1.12 bits per heavy atom. The van der Waals surface area contributed by atoms with E-state index in [0.717, 1.165) is 16.4 Å². The van der Waals surface area contributed by atoms with Crippen LogP contribution in [0, 0.1) is 0 Å². The summed E-state index contributed by atoms with van der Waals surface area (Å²) < 4.78 is 6.19. The average molecular weight is 382 g/mol. The topological polar surface area (TPSA) is 85.1 Å². The van der Waals surface area contributed by atoms with Crippen molar-refractivity contribution in [1.29, 1.82) is 0 Å². The maximum Gasteiger partial charge on any atom is 0.227 e. The number of hydrogen-bond acceptors (Lipinski definition) is 7. The number of anilines is 1. The van der Waals surface area contributed by atoms with E-state index in [0.29, 0.717) is 23.1 Å². The number of rotatable bonds is 6. The van der Waals surface area contributed by atoms with Crippen LogP contribution in [0.2, 0.25) is 0 Å². The van der Waals surface area contributed by atoms with Crippen molar-refractivity contribution in [3.05, 3.63) is 54.7 Å². The Balaban J connectivity index is 1.31. The van der Waals surface area contributed by atoms with Crippen molar-refractivity contribution in [2.24, 2.45) is 0 Å². The molecule has 0 fully saturated rings. The van der Waals surface area contributed by atoms with Gasteiger partial charge >= 0.3 is 0 Å². The Labute approximate surface area is 157 Å². The Bertz CT molecular complexity index is 1030. The summed E-state index contributed by atoms with van der Waals surface area (Å²) in [5, 5.41) is 12.3. The van der Waals surface area contributed by atoms with Gasteiger partial charge in [0.1, 0.15) is 0 Å². The molecule has 4 rings (SSSR count). The highest BCUT2D eigenvalue weighted by Gasteiger charge is 2.11. The standard InChI is InChI=1S/C17H14N6OS2/c24-14(9-11-25-17-21-20-13-8-4-5-10-23(13)17)18-16-19-15(22-26-16)12-6-2-1-3-7-12/h1-8,10H,9,11H2,(H,18,19,22,24). The molecule has 1 aromatic carbocycles. The molecule has 0 bridgehead atoms. The van der Waals surface area contributed by atoms with Gasteiger partial charge in [-0.05, 0) is 12.1 Å². The number of benzene rings is 1. The molecule has 0 aliphatic carbocycles. The van der Waals surface area contributed by atoms with Crippen LogP contribution in [-0.4, -0.2) is 35.6 Å². The summed E-state index contributed by atoms with van der Waals surface area (Å²) in [6.07, 6.45) is 2.26. The Hall–Kier alpha value is -2.78. The number of pyridine rings is 1. The Morgan fingerprint density at radius 3 is 2.85 bits per heavy atom. The minimum Gasteiger partial charge on any atom is -0.301 e. The highest BCUT2D eigenvalue weighted by Crippen LogP contribution is 2.21. The van der Waals surface area contributed by atoms with E-state index in [1.807, 2.05) is 59.1 Å². The number of carbonyl (C=O) groups excluding carboxylic acids is 1. The zero-order valence-electron chi connectivity index (χ0n) is 13.6. The SMILES string of the molecule is O=C(CCSc1nnc2ccccn12)Nc1nc(-c2ccccc2)ns1. The zero-order valence-corrected chi connectivity index (χ0v) is 15.2. The van der Waals surface area contributed by atoms with Gasteiger partial charge in [-0.15, -0.1) is 10.2 Å². The molecule has 26 heavy (non-hydrogen) atoms. The Morgan fingerprint density at radius 2 is 1.96 bits per heavy atom. The molecule has 0 aliphatic heterocycles. The lowest BCUT2D eigenvalue weighted by Crippen LogP contribution is -2.12. The summed E-state index contributed by atoms with van der Waals surface area (Å²) in [4.78, 5) is 16.5. The van der Waals surface area contributed by atoms with Crippen LogP contribution >= 0.6 is 23.3 Å². The van der Waals surface area contributed by atoms with Crippen LogP contribution in [0.4, 0.5) is 5.13 Å². The van der Waals surface area contributed by atoms with Gasteiger partial charge in [0.25, 0.3) is 0 Å². The largest absolute Gasteiger partial charge is 0.301 e. The van der Waals surface area contributed by atoms with Crippen molar-refractivity contribution in [2.45, 2.75) is 11.6 Å². The van der Waals surface area contributed by atoms with Crippen LogP contribution in [0.5, 0.6) is 0 Å². The smallest absolute Gasteiger partial charge is 0.227 e. The number of carbonyl (C=O) groups is 1. The normalized spacial score (nSPS) is 10.9. The van der Waals surface area contributed by atoms with E-state index in [2.05, 4.69) is 24.9 Å². The molecule has 0 saturated carbocycles. The molecule has 1 amide bonds. The van der Waals surface area contributed by atoms with Gasteiger partial charge in [-0.1, -0.05) is 48.2 Å². The summed E-state index contributed by atoms with van der Waals surface area (Å²) in [5.41, 5.74) is 1.72. The molecule has 7 nitrogen and oxygen atoms in total. The second-order valence-corrected chi connectivity index (χ2v) is 7.16. The van der Waals surface area contributed by atoms with Crippen molar-refractivity contribution in [2.75, 3.05) is 11.1 Å². The zero-order chi connectivity index (χ0) is 17.8. The van der Waals surface area contributed by atoms with Crippen molar-refractivity contribution < 1.29 is 4.79 Å².